The van der Waals surface area contributed by atoms with Crippen LogP contribution in [0.1, 0.15) is 18.4 Å². The zero-order valence-electron chi connectivity index (χ0n) is 11.4. The van der Waals surface area contributed by atoms with Crippen LogP contribution >= 0.6 is 31.9 Å². The lowest BCUT2D eigenvalue weighted by Crippen LogP contribution is -2.35. The number of nitrogens with one attached hydrogen (secondary N) is 1. The number of hydrogen-bond donors (Lipinski definition) is 1. The lowest BCUT2D eigenvalue weighted by atomic mass is 10.2. The Morgan fingerprint density at radius 1 is 1.42 bits per heavy atom. The topological polar surface area (TPSA) is 24.5 Å². The minimum atomic E-state index is 0.668. The van der Waals surface area contributed by atoms with Crippen molar-refractivity contribution in [1.29, 1.82) is 0 Å². The summed E-state index contributed by atoms with van der Waals surface area (Å²) in [6.07, 6.45) is 2.61. The van der Waals surface area contributed by atoms with Crippen molar-refractivity contribution in [2.75, 3.05) is 27.2 Å². The van der Waals surface area contributed by atoms with Gasteiger partial charge in [0.1, 0.15) is 5.75 Å². The Hall–Kier alpha value is -0.100. The number of rotatable bonds is 5. The standard InChI is InChI=1S/C14H20Br2N2O/c1-18-5-3-4-12(18)9-17-8-10-6-11(15)7-13(16)14(10)19-2/h6-7,12,17H,3-5,8-9H2,1-2H3. The average Bonchev–Trinajstić information content (AvgIpc) is 2.75. The van der Waals surface area contributed by atoms with Crippen molar-refractivity contribution in [2.45, 2.75) is 25.4 Å². The zero-order valence-corrected chi connectivity index (χ0v) is 14.6. The molecule has 0 aromatic heterocycles. The lowest BCUT2D eigenvalue weighted by Gasteiger charge is -2.20. The van der Waals surface area contributed by atoms with Crippen LogP contribution in [0.5, 0.6) is 5.75 Å². The van der Waals surface area contributed by atoms with Crippen molar-refractivity contribution < 1.29 is 4.74 Å². The van der Waals surface area contributed by atoms with E-state index in [4.69, 9.17) is 4.74 Å². The highest BCUT2D eigenvalue weighted by Gasteiger charge is 2.20. The van der Waals surface area contributed by atoms with Gasteiger partial charge in [0.15, 0.2) is 0 Å². The van der Waals surface area contributed by atoms with Crippen LogP contribution in [0.15, 0.2) is 21.1 Å². The van der Waals surface area contributed by atoms with Crippen LogP contribution in [0.3, 0.4) is 0 Å². The van der Waals surface area contributed by atoms with Crippen LogP contribution in [-0.2, 0) is 6.54 Å². The van der Waals surface area contributed by atoms with Crippen molar-refractivity contribution in [2.24, 2.45) is 0 Å². The molecule has 0 saturated carbocycles. The van der Waals surface area contributed by atoms with Gasteiger partial charge in [-0.15, -0.1) is 0 Å². The number of likely N-dealkylation sites (tertiary alicyclic amines) is 1. The Balaban J connectivity index is 1.95. The first kappa shape index (κ1) is 15.3. The first-order valence-corrected chi connectivity index (χ1v) is 8.13. The van der Waals surface area contributed by atoms with Crippen LogP contribution in [0.25, 0.3) is 0 Å². The van der Waals surface area contributed by atoms with Crippen LogP contribution in [0.4, 0.5) is 0 Å². The second kappa shape index (κ2) is 7.07. The minimum absolute atomic E-state index is 0.668. The third-order valence-corrected chi connectivity index (χ3v) is 4.70. The molecule has 0 aliphatic carbocycles. The summed E-state index contributed by atoms with van der Waals surface area (Å²) in [5.74, 6) is 0.912. The Labute approximate surface area is 132 Å². The van der Waals surface area contributed by atoms with Crippen molar-refractivity contribution in [3.8, 4) is 5.75 Å². The van der Waals surface area contributed by atoms with Gasteiger partial charge in [0.05, 0.1) is 11.6 Å². The van der Waals surface area contributed by atoms with Gasteiger partial charge in [-0.2, -0.15) is 0 Å². The van der Waals surface area contributed by atoms with E-state index >= 15 is 0 Å². The molecule has 1 unspecified atom stereocenters. The predicted molar refractivity (Wildman–Crippen MR) is 85.8 cm³/mol. The first-order chi connectivity index (χ1) is 9.11. The van der Waals surface area contributed by atoms with E-state index in [2.05, 4.69) is 55.2 Å². The van der Waals surface area contributed by atoms with Gasteiger partial charge < -0.3 is 15.0 Å². The van der Waals surface area contributed by atoms with Gasteiger partial charge in [0, 0.05) is 29.2 Å². The summed E-state index contributed by atoms with van der Waals surface area (Å²) in [7, 11) is 3.91. The van der Waals surface area contributed by atoms with E-state index in [1.54, 1.807) is 7.11 Å². The molecule has 0 amide bonds. The minimum Gasteiger partial charge on any atom is -0.495 e. The molecule has 1 heterocycles. The van der Waals surface area contributed by atoms with Crippen molar-refractivity contribution in [3.05, 3.63) is 26.6 Å². The molecule has 0 spiro atoms. The summed E-state index contributed by atoms with van der Waals surface area (Å²) in [5.41, 5.74) is 1.17. The number of methoxy groups -OCH3 is 1. The van der Waals surface area contributed by atoms with E-state index in [-0.39, 0.29) is 0 Å². The molecule has 0 radical (unpaired) electrons. The third kappa shape index (κ3) is 3.94. The van der Waals surface area contributed by atoms with Crippen LogP contribution in [0.2, 0.25) is 0 Å². The quantitative estimate of drug-likeness (QED) is 0.832. The molecule has 1 aromatic carbocycles. The molecule has 2 rings (SSSR count). The molecule has 1 aliphatic rings. The molecule has 1 atom stereocenters. The summed E-state index contributed by atoms with van der Waals surface area (Å²) in [6, 6.07) is 4.78. The number of nitrogens with zero attached hydrogens (tertiary/aromatic N) is 1. The van der Waals surface area contributed by atoms with E-state index in [0.717, 1.165) is 27.8 Å². The van der Waals surface area contributed by atoms with Gasteiger partial charge in [-0.25, -0.2) is 0 Å². The number of halogens is 2. The summed E-state index contributed by atoms with van der Waals surface area (Å²) in [6.45, 7) is 3.08. The van der Waals surface area contributed by atoms with Crippen molar-refractivity contribution in [1.82, 2.24) is 10.2 Å². The SMILES string of the molecule is COc1c(Br)cc(Br)cc1CNCC1CCCN1C. The van der Waals surface area contributed by atoms with E-state index in [0.29, 0.717) is 6.04 Å². The molecular weight excluding hydrogens is 372 g/mol. The molecule has 5 heteroatoms. The summed E-state index contributed by atoms with van der Waals surface area (Å²) < 4.78 is 7.51. The highest BCUT2D eigenvalue weighted by molar-refractivity contribution is 9.11. The summed E-state index contributed by atoms with van der Waals surface area (Å²) >= 11 is 7.06. The van der Waals surface area contributed by atoms with Gasteiger partial charge in [-0.3, -0.25) is 0 Å². The molecule has 1 aliphatic heterocycles. The van der Waals surface area contributed by atoms with Gasteiger partial charge in [0.2, 0.25) is 0 Å². The lowest BCUT2D eigenvalue weighted by molar-refractivity contribution is 0.299. The maximum Gasteiger partial charge on any atom is 0.137 e. The molecule has 1 N–H and O–H groups in total. The molecular formula is C14H20Br2N2O. The normalized spacial score (nSPS) is 19.9. The highest BCUT2D eigenvalue weighted by Crippen LogP contribution is 2.32. The molecule has 0 bridgehead atoms. The first-order valence-electron chi connectivity index (χ1n) is 6.54. The maximum atomic E-state index is 5.46. The third-order valence-electron chi connectivity index (χ3n) is 3.66. The van der Waals surface area contributed by atoms with E-state index in [1.165, 1.54) is 24.9 Å². The van der Waals surface area contributed by atoms with Gasteiger partial charge >= 0.3 is 0 Å². The smallest absolute Gasteiger partial charge is 0.137 e. The fourth-order valence-electron chi connectivity index (χ4n) is 2.58. The fraction of sp³-hybridized carbons (Fsp3) is 0.571. The summed E-state index contributed by atoms with van der Waals surface area (Å²) in [5, 5.41) is 3.54. The van der Waals surface area contributed by atoms with Gasteiger partial charge in [0.25, 0.3) is 0 Å². The number of benzene rings is 1. The Bertz CT molecular complexity index is 440. The number of hydrogen-bond acceptors (Lipinski definition) is 3. The Morgan fingerprint density at radius 3 is 2.84 bits per heavy atom. The second-order valence-electron chi connectivity index (χ2n) is 4.99. The highest BCUT2D eigenvalue weighted by atomic mass is 79.9. The Kier molecular flexibility index (Phi) is 5.69. The molecule has 1 fully saturated rings. The predicted octanol–water partition coefficient (Wildman–Crippen LogP) is 3.40. The van der Waals surface area contributed by atoms with Crippen molar-refractivity contribution >= 4 is 31.9 Å². The van der Waals surface area contributed by atoms with Gasteiger partial charge in [-0.1, -0.05) is 15.9 Å². The van der Waals surface area contributed by atoms with E-state index in [9.17, 15) is 0 Å². The van der Waals surface area contributed by atoms with Crippen LogP contribution in [0, 0.1) is 0 Å². The fourth-order valence-corrected chi connectivity index (χ4v) is 4.06. The molecule has 1 aromatic rings. The Morgan fingerprint density at radius 2 is 2.21 bits per heavy atom. The van der Waals surface area contributed by atoms with E-state index in [1.807, 2.05) is 6.07 Å². The molecule has 3 nitrogen and oxygen atoms in total. The van der Waals surface area contributed by atoms with Gasteiger partial charge in [-0.05, 0) is 54.5 Å². The zero-order chi connectivity index (χ0) is 13.8. The molecule has 1 saturated heterocycles. The van der Waals surface area contributed by atoms with Crippen LogP contribution in [-0.4, -0.2) is 38.2 Å². The van der Waals surface area contributed by atoms with Crippen molar-refractivity contribution in [3.63, 3.8) is 0 Å². The van der Waals surface area contributed by atoms with Crippen LogP contribution < -0.4 is 10.1 Å². The average molecular weight is 392 g/mol. The largest absolute Gasteiger partial charge is 0.495 e. The molecule has 106 valence electrons. The number of likely N-dealkylation sites (N-methyl/N-ethyl adjacent to an activating group) is 1. The summed E-state index contributed by atoms with van der Waals surface area (Å²) in [4.78, 5) is 2.43. The van der Waals surface area contributed by atoms with E-state index < -0.39 is 0 Å². The molecule has 19 heavy (non-hydrogen) atoms. The maximum absolute atomic E-state index is 5.46. The number of ether oxygens (including phenoxy) is 1. The monoisotopic (exact) mass is 390 g/mol. The second-order valence-corrected chi connectivity index (χ2v) is 6.76.